The Morgan fingerprint density at radius 2 is 1.75 bits per heavy atom. The molecule has 1 atom stereocenters. The fraction of sp³-hybridized carbons (Fsp3) is 0.667. The predicted molar refractivity (Wildman–Crippen MR) is 74.8 cm³/mol. The molecule has 0 N–H and O–H groups in total. The van der Waals surface area contributed by atoms with Gasteiger partial charge < -0.3 is 0 Å². The first-order valence-corrected chi connectivity index (χ1v) is 6.18. The van der Waals surface area contributed by atoms with Gasteiger partial charge in [0.1, 0.15) is 0 Å². The van der Waals surface area contributed by atoms with Gasteiger partial charge in [-0.25, -0.2) is 0 Å². The molecule has 0 radical (unpaired) electrons. The quantitative estimate of drug-likeness (QED) is 0.464. The maximum Gasteiger partial charge on any atom is 0.0256 e. The summed E-state index contributed by atoms with van der Waals surface area (Å²) in [5.74, 6) is 1.13. The molecule has 0 aromatic rings. The van der Waals surface area contributed by atoms with E-state index in [1.165, 1.54) is 5.57 Å². The normalized spacial score (nSPS) is 17.9. The lowest BCUT2D eigenvalue weighted by molar-refractivity contribution is 0.423. The van der Waals surface area contributed by atoms with Gasteiger partial charge in [0.15, 0.2) is 0 Å². The summed E-state index contributed by atoms with van der Waals surface area (Å²) in [5, 5.41) is 0. The summed E-state index contributed by atoms with van der Waals surface area (Å²) < 4.78 is 0. The van der Waals surface area contributed by atoms with E-state index in [0.717, 1.165) is 0 Å². The van der Waals surface area contributed by atoms with Gasteiger partial charge in [-0.1, -0.05) is 52.3 Å². The third-order valence-corrected chi connectivity index (χ3v) is 3.31. The first-order chi connectivity index (χ1) is 7.33. The van der Waals surface area contributed by atoms with E-state index in [-0.39, 0.29) is 5.41 Å². The molecule has 0 saturated heterocycles. The third-order valence-electron chi connectivity index (χ3n) is 3.31. The van der Waals surface area contributed by atoms with Crippen molar-refractivity contribution in [3.8, 4) is 0 Å². The van der Waals surface area contributed by atoms with Crippen LogP contribution in [0.25, 0.3) is 0 Å². The zero-order valence-corrected chi connectivity index (χ0v) is 11.9. The fourth-order valence-corrected chi connectivity index (χ4v) is 1.21. The summed E-state index contributed by atoms with van der Waals surface area (Å²) in [5.41, 5.74) is 1.38. The Bertz CT molecular complexity index is 282. The number of hydrogen-bond acceptors (Lipinski definition) is 1. The summed E-state index contributed by atoms with van der Waals surface area (Å²) in [4.78, 5) is 4.47. The molecule has 0 aliphatic carbocycles. The van der Waals surface area contributed by atoms with Crippen molar-refractivity contribution >= 4 is 6.21 Å². The molecule has 1 unspecified atom stereocenters. The van der Waals surface area contributed by atoms with Crippen LogP contribution < -0.4 is 0 Å². The zero-order chi connectivity index (χ0) is 12.8. The molecular formula is C15H27N. The molecule has 1 nitrogen and oxygen atoms in total. The summed E-state index contributed by atoms with van der Waals surface area (Å²) >= 11 is 0. The molecule has 0 aliphatic heterocycles. The highest BCUT2D eigenvalue weighted by molar-refractivity contribution is 5.69. The molecule has 0 amide bonds. The monoisotopic (exact) mass is 221 g/mol. The van der Waals surface area contributed by atoms with Crippen LogP contribution in [0, 0.1) is 17.3 Å². The van der Waals surface area contributed by atoms with Gasteiger partial charge in [0.25, 0.3) is 0 Å². The Morgan fingerprint density at radius 1 is 1.19 bits per heavy atom. The maximum atomic E-state index is 4.47. The van der Waals surface area contributed by atoms with Crippen molar-refractivity contribution in [2.75, 3.05) is 0 Å². The maximum absolute atomic E-state index is 4.47. The van der Waals surface area contributed by atoms with E-state index in [9.17, 15) is 0 Å². The minimum absolute atomic E-state index is 0.0580. The SMILES string of the molecule is C/C=C\C(C)(C=N/C=C(\C)C(C)C)C(C)C. The van der Waals surface area contributed by atoms with Gasteiger partial charge in [-0.05, 0) is 25.7 Å². The molecule has 0 rings (SSSR count). The number of aliphatic imine (C=N–C) groups is 1. The van der Waals surface area contributed by atoms with Crippen LogP contribution in [-0.2, 0) is 0 Å². The molecule has 0 saturated carbocycles. The van der Waals surface area contributed by atoms with Crippen LogP contribution in [0.4, 0.5) is 0 Å². The van der Waals surface area contributed by atoms with Crippen molar-refractivity contribution in [2.45, 2.75) is 48.5 Å². The van der Waals surface area contributed by atoms with Crippen LogP contribution in [-0.4, -0.2) is 6.21 Å². The highest BCUT2D eigenvalue weighted by atomic mass is 14.7. The van der Waals surface area contributed by atoms with Crippen molar-refractivity contribution in [3.63, 3.8) is 0 Å². The molecule has 0 aliphatic rings. The molecule has 0 spiro atoms. The van der Waals surface area contributed by atoms with Crippen molar-refractivity contribution in [1.82, 2.24) is 0 Å². The minimum atomic E-state index is 0.0580. The van der Waals surface area contributed by atoms with E-state index >= 15 is 0 Å². The van der Waals surface area contributed by atoms with Crippen molar-refractivity contribution in [2.24, 2.45) is 22.2 Å². The molecule has 0 heterocycles. The van der Waals surface area contributed by atoms with Crippen LogP contribution in [0.15, 0.2) is 28.9 Å². The minimum Gasteiger partial charge on any atom is -0.268 e. The summed E-state index contributed by atoms with van der Waals surface area (Å²) in [6.45, 7) is 15.2. The molecule has 0 aromatic carbocycles. The van der Waals surface area contributed by atoms with Crippen LogP contribution in [0.2, 0.25) is 0 Å². The third kappa shape index (κ3) is 4.78. The summed E-state index contributed by atoms with van der Waals surface area (Å²) in [6, 6.07) is 0. The van der Waals surface area contributed by atoms with Gasteiger partial charge in [0.2, 0.25) is 0 Å². The van der Waals surface area contributed by atoms with E-state index in [1.54, 1.807) is 0 Å². The Kier molecular flexibility index (Phi) is 6.32. The fourth-order valence-electron chi connectivity index (χ4n) is 1.21. The lowest BCUT2D eigenvalue weighted by atomic mass is 9.80. The number of allylic oxidation sites excluding steroid dienone is 3. The first kappa shape index (κ1) is 15.2. The number of hydrogen-bond donors (Lipinski definition) is 0. The highest BCUT2D eigenvalue weighted by Crippen LogP contribution is 2.26. The molecule has 1 heteroatoms. The molecule has 92 valence electrons. The van der Waals surface area contributed by atoms with E-state index in [0.29, 0.717) is 11.8 Å². The average molecular weight is 221 g/mol. The second-order valence-electron chi connectivity index (χ2n) is 5.33. The van der Waals surface area contributed by atoms with Crippen molar-refractivity contribution in [3.05, 3.63) is 23.9 Å². The van der Waals surface area contributed by atoms with Crippen LogP contribution in [0.1, 0.15) is 48.5 Å². The topological polar surface area (TPSA) is 12.4 Å². The standard InChI is InChI=1S/C15H27N/c1-8-9-15(7,13(4)5)11-16-10-14(6)12(2)3/h8-13H,1-7H3/b9-8-,14-10+,16-11?. The predicted octanol–water partition coefficient (Wildman–Crippen LogP) is 4.86. The Morgan fingerprint density at radius 3 is 2.12 bits per heavy atom. The lowest BCUT2D eigenvalue weighted by Crippen LogP contribution is -2.22. The van der Waals surface area contributed by atoms with Gasteiger partial charge >= 0.3 is 0 Å². The molecule has 16 heavy (non-hydrogen) atoms. The second kappa shape index (κ2) is 6.67. The largest absolute Gasteiger partial charge is 0.268 e. The summed E-state index contributed by atoms with van der Waals surface area (Å²) in [6.07, 6.45) is 8.36. The van der Waals surface area contributed by atoms with Gasteiger partial charge in [-0.3, -0.25) is 4.99 Å². The molecular weight excluding hydrogens is 194 g/mol. The van der Waals surface area contributed by atoms with Gasteiger partial charge in [0.05, 0.1) is 0 Å². The first-order valence-electron chi connectivity index (χ1n) is 6.18. The van der Waals surface area contributed by atoms with E-state index in [4.69, 9.17) is 0 Å². The van der Waals surface area contributed by atoms with E-state index in [1.807, 2.05) is 6.20 Å². The van der Waals surface area contributed by atoms with Crippen molar-refractivity contribution in [1.29, 1.82) is 0 Å². The molecule has 0 bridgehead atoms. The number of nitrogens with zero attached hydrogens (tertiary/aromatic N) is 1. The number of rotatable bonds is 5. The van der Waals surface area contributed by atoms with Crippen molar-refractivity contribution < 1.29 is 0 Å². The van der Waals surface area contributed by atoms with E-state index < -0.39 is 0 Å². The Hall–Kier alpha value is -0.850. The Labute approximate surface area is 101 Å². The van der Waals surface area contributed by atoms with Gasteiger partial charge in [-0.2, -0.15) is 0 Å². The lowest BCUT2D eigenvalue weighted by Gasteiger charge is -2.25. The van der Waals surface area contributed by atoms with Crippen LogP contribution >= 0.6 is 0 Å². The van der Waals surface area contributed by atoms with E-state index in [2.05, 4.69) is 71.8 Å². The second-order valence-corrected chi connectivity index (χ2v) is 5.33. The Balaban J connectivity index is 4.78. The molecule has 0 fully saturated rings. The summed E-state index contributed by atoms with van der Waals surface area (Å²) in [7, 11) is 0. The molecule has 0 aromatic heterocycles. The smallest absolute Gasteiger partial charge is 0.0256 e. The van der Waals surface area contributed by atoms with Gasteiger partial charge in [0, 0.05) is 17.8 Å². The zero-order valence-electron chi connectivity index (χ0n) is 11.9. The average Bonchev–Trinajstić information content (AvgIpc) is 2.17. The van der Waals surface area contributed by atoms with Crippen LogP contribution in [0.3, 0.4) is 0 Å². The highest BCUT2D eigenvalue weighted by Gasteiger charge is 2.22. The van der Waals surface area contributed by atoms with Crippen LogP contribution in [0.5, 0.6) is 0 Å². The van der Waals surface area contributed by atoms with Gasteiger partial charge in [-0.15, -0.1) is 0 Å².